The zero-order chi connectivity index (χ0) is 19.0. The zero-order valence-corrected chi connectivity index (χ0v) is 15.7. The van der Waals surface area contributed by atoms with Gasteiger partial charge in [0.1, 0.15) is 11.9 Å². The van der Waals surface area contributed by atoms with Gasteiger partial charge in [-0.25, -0.2) is 15.2 Å². The molecule has 2 atom stereocenters. The van der Waals surface area contributed by atoms with Gasteiger partial charge in [-0.05, 0) is 37.2 Å². The van der Waals surface area contributed by atoms with E-state index in [1.54, 1.807) is 12.1 Å². The molecule has 1 spiro atoms. The maximum atomic E-state index is 14.0. The van der Waals surface area contributed by atoms with Crippen molar-refractivity contribution in [1.29, 1.82) is 0 Å². The second-order valence-electron chi connectivity index (χ2n) is 8.23. The highest BCUT2D eigenvalue weighted by Gasteiger charge is 2.42. The first-order valence-corrected chi connectivity index (χ1v) is 9.76. The number of carbonyl (C=O) groups excluding carboxylic acids is 2. The van der Waals surface area contributed by atoms with Crippen molar-refractivity contribution in [3.05, 3.63) is 35.6 Å². The summed E-state index contributed by atoms with van der Waals surface area (Å²) in [5.41, 5.74) is 6.88. The number of halogens is 1. The first kappa shape index (κ1) is 18.4. The Morgan fingerprint density at radius 3 is 2.63 bits per heavy atom. The number of carbonyl (C=O) groups is 2. The lowest BCUT2D eigenvalue weighted by atomic mass is 9.72. The molecule has 146 valence electrons. The van der Waals surface area contributed by atoms with E-state index in [-0.39, 0.29) is 35.1 Å². The molecule has 7 heteroatoms. The fourth-order valence-corrected chi connectivity index (χ4v) is 4.74. The minimum absolute atomic E-state index is 0.0800. The van der Waals surface area contributed by atoms with E-state index < -0.39 is 0 Å². The summed E-state index contributed by atoms with van der Waals surface area (Å²) in [7, 11) is 1.87. The van der Waals surface area contributed by atoms with E-state index in [1.165, 1.54) is 6.07 Å². The Bertz CT molecular complexity index is 732. The van der Waals surface area contributed by atoms with Crippen LogP contribution in [0.3, 0.4) is 0 Å². The monoisotopic (exact) mass is 374 g/mol. The summed E-state index contributed by atoms with van der Waals surface area (Å²) >= 11 is 0. The summed E-state index contributed by atoms with van der Waals surface area (Å²) in [6, 6.07) is 6.15. The number of hydrazine groups is 1. The summed E-state index contributed by atoms with van der Waals surface area (Å²) in [5.74, 6) is 0.0526. The van der Waals surface area contributed by atoms with Gasteiger partial charge < -0.3 is 9.80 Å². The Morgan fingerprint density at radius 2 is 1.93 bits per heavy atom. The first-order chi connectivity index (χ1) is 13.0. The van der Waals surface area contributed by atoms with E-state index in [1.807, 2.05) is 22.9 Å². The molecule has 0 bridgehead atoms. The molecular weight excluding hydrogens is 347 g/mol. The second kappa shape index (κ2) is 7.20. The number of amides is 2. The number of piperidine rings is 2. The second-order valence-corrected chi connectivity index (χ2v) is 8.23. The largest absolute Gasteiger partial charge is 0.345 e. The molecule has 1 aromatic rings. The zero-order valence-electron chi connectivity index (χ0n) is 15.7. The molecule has 0 aromatic heterocycles. The lowest BCUT2D eigenvalue weighted by molar-refractivity contribution is -0.141. The van der Waals surface area contributed by atoms with Gasteiger partial charge in [0.2, 0.25) is 11.8 Å². The first-order valence-electron chi connectivity index (χ1n) is 9.76. The van der Waals surface area contributed by atoms with E-state index >= 15 is 0 Å². The molecule has 0 aliphatic carbocycles. The Hall–Kier alpha value is -1.99. The number of hydrogen-bond donors (Lipinski definition) is 2. The maximum Gasteiger partial charge on any atom is 0.241 e. The third kappa shape index (κ3) is 3.58. The molecule has 3 aliphatic heterocycles. The Kier molecular flexibility index (Phi) is 4.90. The third-order valence-electron chi connectivity index (χ3n) is 6.49. The van der Waals surface area contributed by atoms with E-state index in [0.717, 1.165) is 38.9 Å². The fraction of sp³-hybridized carbons (Fsp3) is 0.600. The Morgan fingerprint density at radius 1 is 1.19 bits per heavy atom. The normalized spacial score (nSPS) is 28.0. The highest BCUT2D eigenvalue weighted by Crippen LogP contribution is 2.40. The number of hydrogen-bond acceptors (Lipinski definition) is 4. The van der Waals surface area contributed by atoms with Crippen LogP contribution in [0.4, 0.5) is 4.39 Å². The molecule has 2 amide bonds. The number of nitrogens with one attached hydrogen (secondary N) is 2. The van der Waals surface area contributed by atoms with Gasteiger partial charge in [0.05, 0.1) is 6.04 Å². The summed E-state index contributed by atoms with van der Waals surface area (Å²) in [4.78, 5) is 28.4. The van der Waals surface area contributed by atoms with Crippen molar-refractivity contribution in [2.45, 2.75) is 44.2 Å². The average Bonchev–Trinajstić information content (AvgIpc) is 3.15. The highest BCUT2D eigenvalue weighted by atomic mass is 19.1. The third-order valence-corrected chi connectivity index (χ3v) is 6.49. The molecule has 0 saturated carbocycles. The molecule has 6 nitrogen and oxygen atoms in total. The molecule has 3 fully saturated rings. The van der Waals surface area contributed by atoms with Crippen LogP contribution in [0.5, 0.6) is 0 Å². The molecule has 4 rings (SSSR count). The van der Waals surface area contributed by atoms with Crippen LogP contribution >= 0.6 is 0 Å². The molecule has 3 aliphatic rings. The van der Waals surface area contributed by atoms with Crippen molar-refractivity contribution >= 4 is 11.8 Å². The van der Waals surface area contributed by atoms with E-state index in [4.69, 9.17) is 0 Å². The Balaban J connectivity index is 1.34. The summed E-state index contributed by atoms with van der Waals surface area (Å²) < 4.78 is 14.0. The number of benzene rings is 1. The van der Waals surface area contributed by atoms with Crippen molar-refractivity contribution in [3.8, 4) is 0 Å². The fourth-order valence-electron chi connectivity index (χ4n) is 4.74. The van der Waals surface area contributed by atoms with Crippen molar-refractivity contribution in [2.24, 2.45) is 5.41 Å². The van der Waals surface area contributed by atoms with Crippen molar-refractivity contribution in [3.63, 3.8) is 0 Å². The van der Waals surface area contributed by atoms with E-state index in [2.05, 4.69) is 10.9 Å². The molecule has 0 radical (unpaired) electrons. The number of nitrogens with zero attached hydrogens (tertiary/aromatic N) is 2. The molecule has 2 unspecified atom stereocenters. The van der Waals surface area contributed by atoms with Crippen LogP contribution in [-0.2, 0) is 9.59 Å². The van der Waals surface area contributed by atoms with Gasteiger partial charge in [0.25, 0.3) is 0 Å². The van der Waals surface area contributed by atoms with Crippen molar-refractivity contribution in [2.75, 3.05) is 26.7 Å². The lowest BCUT2D eigenvalue weighted by Gasteiger charge is -2.46. The smallest absolute Gasteiger partial charge is 0.241 e. The van der Waals surface area contributed by atoms with Crippen LogP contribution in [0.15, 0.2) is 24.3 Å². The SMILES string of the molecule is CN1CC2(CCC1=O)CCN(C(=O)C1CC(c3ccccc3F)NN1)CC2. The van der Waals surface area contributed by atoms with Gasteiger partial charge in [0, 0.05) is 38.7 Å². The summed E-state index contributed by atoms with van der Waals surface area (Å²) in [6.07, 6.45) is 3.96. The quantitative estimate of drug-likeness (QED) is 0.825. The van der Waals surface area contributed by atoms with Crippen LogP contribution in [-0.4, -0.2) is 54.3 Å². The van der Waals surface area contributed by atoms with E-state index in [9.17, 15) is 14.0 Å². The van der Waals surface area contributed by atoms with E-state index in [0.29, 0.717) is 18.4 Å². The van der Waals surface area contributed by atoms with Crippen LogP contribution in [0.25, 0.3) is 0 Å². The van der Waals surface area contributed by atoms with Gasteiger partial charge >= 0.3 is 0 Å². The van der Waals surface area contributed by atoms with Gasteiger partial charge in [-0.3, -0.25) is 9.59 Å². The van der Waals surface area contributed by atoms with Gasteiger partial charge in [-0.2, -0.15) is 0 Å². The molecule has 27 heavy (non-hydrogen) atoms. The van der Waals surface area contributed by atoms with Crippen LogP contribution in [0.1, 0.15) is 43.7 Å². The number of rotatable bonds is 2. The lowest BCUT2D eigenvalue weighted by Crippen LogP contribution is -2.54. The standard InChI is InChI=1S/C20H27FN4O2/c1-24-13-20(7-6-18(24)26)8-10-25(11-9-20)19(27)17-12-16(22-23-17)14-4-2-3-5-15(14)21/h2-5,16-17,22-23H,6-13H2,1H3. The minimum Gasteiger partial charge on any atom is -0.345 e. The van der Waals surface area contributed by atoms with Gasteiger partial charge in [0.15, 0.2) is 0 Å². The molecular formula is C20H27FN4O2. The van der Waals surface area contributed by atoms with Crippen LogP contribution < -0.4 is 10.9 Å². The predicted octanol–water partition coefficient (Wildman–Crippen LogP) is 1.59. The van der Waals surface area contributed by atoms with Crippen LogP contribution in [0, 0.1) is 11.2 Å². The van der Waals surface area contributed by atoms with Crippen molar-refractivity contribution < 1.29 is 14.0 Å². The summed E-state index contributed by atoms with van der Waals surface area (Å²) in [6.45, 7) is 2.25. The minimum atomic E-state index is -0.334. The van der Waals surface area contributed by atoms with Crippen molar-refractivity contribution in [1.82, 2.24) is 20.7 Å². The highest BCUT2D eigenvalue weighted by molar-refractivity contribution is 5.82. The Labute approximate surface area is 159 Å². The average molecular weight is 374 g/mol. The van der Waals surface area contributed by atoms with Crippen LogP contribution in [0.2, 0.25) is 0 Å². The molecule has 3 heterocycles. The maximum absolute atomic E-state index is 14.0. The van der Waals surface area contributed by atoms with Gasteiger partial charge in [-0.15, -0.1) is 0 Å². The van der Waals surface area contributed by atoms with Gasteiger partial charge in [-0.1, -0.05) is 18.2 Å². The number of likely N-dealkylation sites (tertiary alicyclic amines) is 2. The predicted molar refractivity (Wildman–Crippen MR) is 98.9 cm³/mol. The topological polar surface area (TPSA) is 64.7 Å². The molecule has 2 N–H and O–H groups in total. The summed E-state index contributed by atoms with van der Waals surface area (Å²) in [5, 5.41) is 0. The molecule has 3 saturated heterocycles. The molecule has 1 aromatic carbocycles.